The number of nitrogens with zero attached hydrogens (tertiary/aromatic N) is 1. The minimum atomic E-state index is -2.43. The number of furan rings is 1. The maximum absolute atomic E-state index is 8.68. The zero-order valence-electron chi connectivity index (χ0n) is 25.0. The van der Waals surface area contributed by atoms with Gasteiger partial charge in [0.2, 0.25) is 0 Å². The highest BCUT2D eigenvalue weighted by Gasteiger charge is 2.16. The van der Waals surface area contributed by atoms with Crippen LogP contribution in [0.3, 0.4) is 0 Å². The zero-order chi connectivity index (χ0) is 28.4. The van der Waals surface area contributed by atoms with Gasteiger partial charge in [-0.2, -0.15) is 0 Å². The average Bonchev–Trinajstić information content (AvgIpc) is 3.31. The van der Waals surface area contributed by atoms with Crippen molar-refractivity contribution in [1.29, 1.82) is 0 Å². The number of rotatable bonds is 3. The summed E-state index contributed by atoms with van der Waals surface area (Å²) in [6, 6.07) is 26.9. The van der Waals surface area contributed by atoms with Crippen molar-refractivity contribution in [3.05, 3.63) is 102 Å². The predicted molar refractivity (Wildman–Crippen MR) is 148 cm³/mol. The number of pyridine rings is 1. The molecular weight excluding hydrogens is 426 g/mol. The first-order valence-corrected chi connectivity index (χ1v) is 11.8. The van der Waals surface area contributed by atoms with Crippen molar-refractivity contribution >= 4 is 32.7 Å². The molecule has 2 nitrogen and oxygen atoms in total. The summed E-state index contributed by atoms with van der Waals surface area (Å²) >= 11 is 0. The van der Waals surface area contributed by atoms with Gasteiger partial charge >= 0.3 is 0 Å². The monoisotopic (exact) mass is 460 g/mol. The molecule has 2 heterocycles. The molecule has 6 rings (SSSR count). The molecule has 0 saturated heterocycles. The Morgan fingerprint density at radius 1 is 0.800 bits per heavy atom. The number of aryl methyl sites for hydroxylation is 1. The summed E-state index contributed by atoms with van der Waals surface area (Å²) in [5.41, 5.74) is 4.01. The smallest absolute Gasteiger partial charge is 0.144 e. The van der Waals surface area contributed by atoms with Crippen LogP contribution < -0.4 is 0 Å². The Balaban J connectivity index is 1.52. The number of hydrogen-bond acceptors (Lipinski definition) is 2. The van der Waals surface area contributed by atoms with E-state index in [-0.39, 0.29) is 5.56 Å². The second-order valence-electron chi connectivity index (χ2n) is 10.0. The molecule has 4 aromatic carbocycles. The Bertz CT molecular complexity index is 1910. The standard InChI is InChI=1S/C33H29NO/c1-21-18-22(20-33(2,3)4)12-14-25(21)24-16-17-34-30(19-24)29-11-7-10-27-28-15-13-23-8-5-6-9-26(23)31(28)35-32(27)29/h5-19H,20H2,1-4H3/i1D3,20D2. The van der Waals surface area contributed by atoms with Crippen LogP contribution in [-0.2, 0) is 6.37 Å². The van der Waals surface area contributed by atoms with Crippen molar-refractivity contribution in [3.8, 4) is 22.4 Å². The van der Waals surface area contributed by atoms with Gasteiger partial charge in [0.1, 0.15) is 11.2 Å². The lowest BCUT2D eigenvalue weighted by Crippen LogP contribution is -2.09. The summed E-state index contributed by atoms with van der Waals surface area (Å²) in [6.07, 6.45) is -0.0385. The largest absolute Gasteiger partial charge is 0.455 e. The van der Waals surface area contributed by atoms with Crippen LogP contribution in [0.5, 0.6) is 0 Å². The van der Waals surface area contributed by atoms with Gasteiger partial charge in [-0.15, -0.1) is 0 Å². The maximum Gasteiger partial charge on any atom is 0.144 e. The highest BCUT2D eigenvalue weighted by Crippen LogP contribution is 2.39. The fourth-order valence-electron chi connectivity index (χ4n) is 4.78. The second-order valence-corrected chi connectivity index (χ2v) is 10.0. The second kappa shape index (κ2) is 8.09. The van der Waals surface area contributed by atoms with E-state index in [2.05, 4.69) is 29.2 Å². The summed E-state index contributed by atoms with van der Waals surface area (Å²) in [5.74, 6) is 0. The van der Waals surface area contributed by atoms with Crippen molar-refractivity contribution in [1.82, 2.24) is 4.98 Å². The van der Waals surface area contributed by atoms with Gasteiger partial charge in [0.15, 0.2) is 0 Å². The Morgan fingerprint density at radius 2 is 1.63 bits per heavy atom. The fraction of sp³-hybridized carbons (Fsp3) is 0.182. The van der Waals surface area contributed by atoms with E-state index in [4.69, 9.17) is 11.3 Å². The highest BCUT2D eigenvalue weighted by molar-refractivity contribution is 6.17. The van der Waals surface area contributed by atoms with Gasteiger partial charge in [0.05, 0.1) is 5.69 Å². The SMILES string of the molecule is [2H]C([2H])([2H])c1cc(C([2H])([2H])C(C)(C)C)ccc1-c1ccnc(-c2cccc3c2oc2c4ccccc4ccc32)c1. The van der Waals surface area contributed by atoms with Crippen LogP contribution in [0.15, 0.2) is 95.5 Å². The fourth-order valence-corrected chi connectivity index (χ4v) is 4.78. The molecule has 2 heteroatoms. The van der Waals surface area contributed by atoms with Crippen LogP contribution in [0.2, 0.25) is 0 Å². The lowest BCUT2D eigenvalue weighted by molar-refractivity contribution is 0.411. The molecule has 0 aliphatic rings. The molecule has 0 aliphatic carbocycles. The number of hydrogen-bond donors (Lipinski definition) is 0. The first-order chi connectivity index (χ1) is 18.9. The van der Waals surface area contributed by atoms with Gasteiger partial charge in [-0.25, -0.2) is 0 Å². The molecule has 6 aromatic rings. The van der Waals surface area contributed by atoms with Gasteiger partial charge in [-0.3, -0.25) is 4.98 Å². The van der Waals surface area contributed by atoms with E-state index < -0.39 is 18.6 Å². The third kappa shape index (κ3) is 3.89. The number of para-hydroxylation sites is 1. The Labute approximate surface area is 213 Å². The molecule has 0 radical (unpaired) electrons. The lowest BCUT2D eigenvalue weighted by atomic mass is 9.86. The van der Waals surface area contributed by atoms with E-state index in [9.17, 15) is 0 Å². The average molecular weight is 461 g/mol. The van der Waals surface area contributed by atoms with Gasteiger partial charge < -0.3 is 4.42 Å². The van der Waals surface area contributed by atoms with E-state index in [0.717, 1.165) is 38.3 Å². The molecule has 0 spiro atoms. The summed E-state index contributed by atoms with van der Waals surface area (Å²) in [5, 5.41) is 4.16. The lowest BCUT2D eigenvalue weighted by Gasteiger charge is -2.19. The number of benzene rings is 4. The molecule has 0 N–H and O–H groups in total. The van der Waals surface area contributed by atoms with Crippen molar-refractivity contribution < 1.29 is 11.3 Å². The summed E-state index contributed by atoms with van der Waals surface area (Å²) < 4.78 is 48.6. The first kappa shape index (κ1) is 16.7. The Kier molecular flexibility index (Phi) is 3.86. The quantitative estimate of drug-likeness (QED) is 0.263. The van der Waals surface area contributed by atoms with Crippen molar-refractivity contribution in [2.75, 3.05) is 0 Å². The zero-order valence-corrected chi connectivity index (χ0v) is 20.0. The van der Waals surface area contributed by atoms with Gasteiger partial charge in [0.25, 0.3) is 0 Å². The molecule has 2 aromatic heterocycles. The molecule has 172 valence electrons. The van der Waals surface area contributed by atoms with Crippen LogP contribution >= 0.6 is 0 Å². The predicted octanol–water partition coefficient (Wildman–Crippen LogP) is 9.37. The van der Waals surface area contributed by atoms with Crippen LogP contribution in [0.4, 0.5) is 0 Å². The van der Waals surface area contributed by atoms with Crippen molar-refractivity contribution in [2.45, 2.75) is 34.0 Å². The first-order valence-electron chi connectivity index (χ1n) is 14.3. The summed E-state index contributed by atoms with van der Waals surface area (Å²) in [4.78, 5) is 4.64. The minimum Gasteiger partial charge on any atom is -0.455 e. The van der Waals surface area contributed by atoms with E-state index in [1.54, 1.807) is 24.4 Å². The third-order valence-electron chi connectivity index (χ3n) is 6.27. The molecule has 0 atom stereocenters. The third-order valence-corrected chi connectivity index (χ3v) is 6.27. The Morgan fingerprint density at radius 3 is 2.49 bits per heavy atom. The van der Waals surface area contributed by atoms with Crippen LogP contribution in [0, 0.1) is 12.3 Å². The molecule has 35 heavy (non-hydrogen) atoms. The molecule has 0 fully saturated rings. The summed E-state index contributed by atoms with van der Waals surface area (Å²) in [7, 11) is 0. The number of fused-ring (bicyclic) bond motifs is 5. The van der Waals surface area contributed by atoms with Crippen molar-refractivity contribution in [3.63, 3.8) is 0 Å². The van der Waals surface area contributed by atoms with E-state index in [1.165, 1.54) is 6.07 Å². The molecule has 0 bridgehead atoms. The molecule has 0 unspecified atom stereocenters. The number of aromatic nitrogens is 1. The van der Waals surface area contributed by atoms with E-state index in [1.807, 2.05) is 57.2 Å². The molecule has 0 aliphatic heterocycles. The van der Waals surface area contributed by atoms with E-state index in [0.29, 0.717) is 22.4 Å². The topological polar surface area (TPSA) is 26.0 Å². The normalized spacial score (nSPS) is 15.0. The molecule has 0 amide bonds. The molecule has 0 saturated carbocycles. The minimum absolute atomic E-state index is 0.115. The maximum atomic E-state index is 8.68. The summed E-state index contributed by atoms with van der Waals surface area (Å²) in [6.45, 7) is 3.01. The van der Waals surface area contributed by atoms with E-state index >= 15 is 0 Å². The highest BCUT2D eigenvalue weighted by atomic mass is 16.3. The van der Waals surface area contributed by atoms with Crippen LogP contribution in [0.25, 0.3) is 55.1 Å². The van der Waals surface area contributed by atoms with Crippen LogP contribution in [0.1, 0.15) is 38.8 Å². The van der Waals surface area contributed by atoms with Gasteiger partial charge in [0, 0.05) is 34.8 Å². The Hall–Kier alpha value is -3.91. The van der Waals surface area contributed by atoms with Crippen molar-refractivity contribution in [2.24, 2.45) is 5.41 Å². The van der Waals surface area contributed by atoms with Gasteiger partial charge in [-0.1, -0.05) is 81.4 Å². The van der Waals surface area contributed by atoms with Gasteiger partial charge in [-0.05, 0) is 70.5 Å². The van der Waals surface area contributed by atoms with Crippen LogP contribution in [-0.4, -0.2) is 4.98 Å². The molecular formula is C33H29NO.